The Kier molecular flexibility index (Phi) is 6.26. The van der Waals surface area contributed by atoms with Crippen LogP contribution in [-0.4, -0.2) is 40.1 Å². The molecule has 0 unspecified atom stereocenters. The smallest absolute Gasteiger partial charge is 0.278 e. The van der Waals surface area contributed by atoms with Gasteiger partial charge in [0, 0.05) is 11.8 Å². The van der Waals surface area contributed by atoms with Gasteiger partial charge in [0.1, 0.15) is 11.5 Å². The molecule has 0 spiro atoms. The molecule has 2 aromatic carbocycles. The number of rotatable bonds is 7. The number of aryl methyl sites for hydroxylation is 1. The molecule has 9 nitrogen and oxygen atoms in total. The number of anilines is 1. The fraction of sp³-hybridized carbons (Fsp3) is 0.217. The summed E-state index contributed by atoms with van der Waals surface area (Å²) in [6.45, 7) is 3.63. The minimum atomic E-state index is -1.07. The summed E-state index contributed by atoms with van der Waals surface area (Å²) in [6, 6.07) is 8.44. The fourth-order valence-electron chi connectivity index (χ4n) is 3.37. The minimum absolute atomic E-state index is 0.0422. The molecule has 34 heavy (non-hydrogen) atoms. The van der Waals surface area contributed by atoms with Crippen LogP contribution in [0.15, 0.2) is 40.8 Å². The average molecular weight is 469 g/mol. The molecule has 4 aromatic rings. The number of nitrogens with one attached hydrogen (secondary N) is 1. The number of nitrogens with zero attached hydrogens (tertiary/aromatic N) is 4. The number of hydrogen-bond donors (Lipinski definition) is 1. The van der Waals surface area contributed by atoms with E-state index in [-0.39, 0.29) is 17.9 Å². The van der Waals surface area contributed by atoms with Crippen LogP contribution in [0.1, 0.15) is 27.6 Å². The van der Waals surface area contributed by atoms with Crippen molar-refractivity contribution in [1.82, 2.24) is 20.0 Å². The lowest BCUT2D eigenvalue weighted by Crippen LogP contribution is -2.15. The lowest BCUT2D eigenvalue weighted by Gasteiger charge is -2.09. The van der Waals surface area contributed by atoms with Gasteiger partial charge in [0.15, 0.2) is 28.8 Å². The highest BCUT2D eigenvalue weighted by Gasteiger charge is 2.21. The van der Waals surface area contributed by atoms with Crippen LogP contribution in [0, 0.1) is 25.5 Å². The zero-order chi connectivity index (χ0) is 24.4. The average Bonchev–Trinajstić information content (AvgIpc) is 3.38. The summed E-state index contributed by atoms with van der Waals surface area (Å²) in [5.41, 5.74) is 1.81. The normalized spacial score (nSPS) is 10.9. The third kappa shape index (κ3) is 4.32. The van der Waals surface area contributed by atoms with E-state index in [1.807, 2.05) is 0 Å². The van der Waals surface area contributed by atoms with Gasteiger partial charge in [0.05, 0.1) is 32.0 Å². The topological polar surface area (TPSA) is 104 Å². The standard InChI is InChI=1S/C23H21F2N5O4/c1-12-20(22(31)26-14-8-9-16(24)17(25)10-14)28-29-30(12)11-18-13(2)34-23(27-18)15-6-5-7-19(32-3)21(15)33-4/h5-10H,11H2,1-4H3,(H,26,31). The summed E-state index contributed by atoms with van der Waals surface area (Å²) in [6.07, 6.45) is 0. The van der Waals surface area contributed by atoms with Crippen LogP contribution in [-0.2, 0) is 6.54 Å². The second-order valence-electron chi connectivity index (χ2n) is 7.33. The molecular formula is C23H21F2N5O4. The van der Waals surface area contributed by atoms with Gasteiger partial charge in [0.2, 0.25) is 5.89 Å². The number of methoxy groups -OCH3 is 2. The number of ether oxygens (including phenoxy) is 2. The van der Waals surface area contributed by atoms with Gasteiger partial charge < -0.3 is 19.2 Å². The summed E-state index contributed by atoms with van der Waals surface area (Å²) in [5.74, 6) is -0.738. The first kappa shape index (κ1) is 22.9. The largest absolute Gasteiger partial charge is 0.493 e. The SMILES string of the molecule is COc1cccc(-c2nc(Cn3nnc(C(=O)Nc4ccc(F)c(F)c4)c3C)c(C)o2)c1OC. The Bertz CT molecular complexity index is 1370. The number of halogens is 2. The van der Waals surface area contributed by atoms with Crippen molar-refractivity contribution >= 4 is 11.6 Å². The van der Waals surface area contributed by atoms with Crippen LogP contribution in [0.2, 0.25) is 0 Å². The van der Waals surface area contributed by atoms with Gasteiger partial charge in [-0.15, -0.1) is 5.10 Å². The molecule has 2 aromatic heterocycles. The van der Waals surface area contributed by atoms with Crippen LogP contribution in [0.5, 0.6) is 11.5 Å². The molecule has 0 saturated heterocycles. The molecular weight excluding hydrogens is 448 g/mol. The molecule has 1 amide bonds. The van der Waals surface area contributed by atoms with Gasteiger partial charge in [0.25, 0.3) is 5.91 Å². The molecule has 0 aliphatic carbocycles. The monoisotopic (exact) mass is 469 g/mol. The van der Waals surface area contributed by atoms with Crippen LogP contribution in [0.3, 0.4) is 0 Å². The van der Waals surface area contributed by atoms with Crippen molar-refractivity contribution in [3.8, 4) is 23.0 Å². The lowest BCUT2D eigenvalue weighted by atomic mass is 10.2. The summed E-state index contributed by atoms with van der Waals surface area (Å²) in [5, 5.41) is 10.4. The van der Waals surface area contributed by atoms with E-state index in [0.29, 0.717) is 40.1 Å². The van der Waals surface area contributed by atoms with Crippen LogP contribution >= 0.6 is 0 Å². The van der Waals surface area contributed by atoms with Crippen LogP contribution < -0.4 is 14.8 Å². The molecule has 176 valence electrons. The molecule has 1 N–H and O–H groups in total. The molecule has 0 radical (unpaired) electrons. The molecule has 0 atom stereocenters. The number of carbonyl (C=O) groups is 1. The van der Waals surface area contributed by atoms with Crippen molar-refractivity contribution < 1.29 is 27.5 Å². The van der Waals surface area contributed by atoms with Crippen molar-refractivity contribution in [2.75, 3.05) is 19.5 Å². The van der Waals surface area contributed by atoms with Gasteiger partial charge in [-0.1, -0.05) is 11.3 Å². The van der Waals surface area contributed by atoms with Gasteiger partial charge >= 0.3 is 0 Å². The van der Waals surface area contributed by atoms with Gasteiger partial charge in [-0.2, -0.15) is 0 Å². The Hall–Kier alpha value is -4.28. The molecule has 0 fully saturated rings. The second-order valence-corrected chi connectivity index (χ2v) is 7.33. The predicted molar refractivity (Wildman–Crippen MR) is 118 cm³/mol. The summed E-state index contributed by atoms with van der Waals surface area (Å²) in [4.78, 5) is 17.2. The molecule has 0 aliphatic rings. The van der Waals surface area contributed by atoms with Gasteiger partial charge in [-0.3, -0.25) is 4.79 Å². The van der Waals surface area contributed by atoms with E-state index in [4.69, 9.17) is 13.9 Å². The van der Waals surface area contributed by atoms with Gasteiger partial charge in [-0.25, -0.2) is 18.4 Å². The molecule has 11 heteroatoms. The van der Waals surface area contributed by atoms with E-state index in [1.165, 1.54) is 17.9 Å². The Morgan fingerprint density at radius 2 is 1.91 bits per heavy atom. The summed E-state index contributed by atoms with van der Waals surface area (Å²) < 4.78 is 44.7. The highest BCUT2D eigenvalue weighted by molar-refractivity contribution is 6.03. The van der Waals surface area contributed by atoms with Crippen molar-refractivity contribution in [1.29, 1.82) is 0 Å². The van der Waals surface area contributed by atoms with Gasteiger partial charge in [-0.05, 0) is 38.1 Å². The Morgan fingerprint density at radius 1 is 1.12 bits per heavy atom. The number of amides is 1. The fourth-order valence-corrected chi connectivity index (χ4v) is 3.37. The van der Waals surface area contributed by atoms with E-state index in [9.17, 15) is 13.6 Å². The van der Waals surface area contributed by atoms with Crippen LogP contribution in [0.4, 0.5) is 14.5 Å². The maximum atomic E-state index is 13.4. The molecule has 0 aliphatic heterocycles. The number of para-hydroxylation sites is 1. The number of aromatic nitrogens is 4. The second kappa shape index (κ2) is 9.30. The maximum absolute atomic E-state index is 13.4. The maximum Gasteiger partial charge on any atom is 0.278 e. The zero-order valence-electron chi connectivity index (χ0n) is 18.8. The first-order valence-corrected chi connectivity index (χ1v) is 10.2. The quantitative estimate of drug-likeness (QED) is 0.434. The van der Waals surface area contributed by atoms with Crippen molar-refractivity contribution in [2.24, 2.45) is 0 Å². The Labute approximate surface area is 193 Å². The number of hydrogen-bond acceptors (Lipinski definition) is 7. The van der Waals surface area contributed by atoms with Crippen molar-refractivity contribution in [3.63, 3.8) is 0 Å². The summed E-state index contributed by atoms with van der Waals surface area (Å²) >= 11 is 0. The summed E-state index contributed by atoms with van der Waals surface area (Å²) in [7, 11) is 3.07. The lowest BCUT2D eigenvalue weighted by molar-refractivity contribution is 0.102. The van der Waals surface area contributed by atoms with Crippen molar-refractivity contribution in [3.05, 3.63) is 70.9 Å². The molecule has 4 rings (SSSR count). The first-order valence-electron chi connectivity index (χ1n) is 10.2. The highest BCUT2D eigenvalue weighted by atomic mass is 19.2. The Morgan fingerprint density at radius 3 is 2.62 bits per heavy atom. The zero-order valence-corrected chi connectivity index (χ0v) is 18.8. The van der Waals surface area contributed by atoms with E-state index in [1.54, 1.807) is 39.2 Å². The Balaban J connectivity index is 1.56. The predicted octanol–water partition coefficient (Wildman–Crippen LogP) is 4.15. The highest BCUT2D eigenvalue weighted by Crippen LogP contribution is 2.38. The van der Waals surface area contributed by atoms with E-state index < -0.39 is 17.5 Å². The van der Waals surface area contributed by atoms with E-state index in [2.05, 4.69) is 20.6 Å². The third-order valence-corrected chi connectivity index (χ3v) is 5.20. The molecule has 0 bridgehead atoms. The molecule has 2 heterocycles. The number of oxazole rings is 1. The van der Waals surface area contributed by atoms with Crippen LogP contribution in [0.25, 0.3) is 11.5 Å². The van der Waals surface area contributed by atoms with Crippen molar-refractivity contribution in [2.45, 2.75) is 20.4 Å². The molecule has 0 saturated carbocycles. The van der Waals surface area contributed by atoms with E-state index >= 15 is 0 Å². The van der Waals surface area contributed by atoms with E-state index in [0.717, 1.165) is 12.1 Å². The third-order valence-electron chi connectivity index (χ3n) is 5.20. The minimum Gasteiger partial charge on any atom is -0.493 e. The number of benzene rings is 2. The number of carbonyl (C=O) groups excluding carboxylic acids is 1. The first-order chi connectivity index (χ1) is 16.3.